The highest BCUT2D eigenvalue weighted by Gasteiger charge is 2.12. The first-order chi connectivity index (χ1) is 14.1. The zero-order valence-corrected chi connectivity index (χ0v) is 16.4. The van der Waals surface area contributed by atoms with Crippen LogP contribution >= 0.6 is 0 Å². The highest BCUT2D eigenvalue weighted by atomic mass is 16.5. The lowest BCUT2D eigenvalue weighted by Crippen LogP contribution is -2.11. The fourth-order valence-corrected chi connectivity index (χ4v) is 2.86. The molecular weight excluding hydrogens is 366 g/mol. The van der Waals surface area contributed by atoms with E-state index < -0.39 is 0 Å². The molecule has 0 aliphatic rings. The van der Waals surface area contributed by atoms with Crippen molar-refractivity contribution in [1.29, 1.82) is 0 Å². The van der Waals surface area contributed by atoms with E-state index >= 15 is 0 Å². The molecule has 0 aliphatic heterocycles. The van der Waals surface area contributed by atoms with E-state index in [0.29, 0.717) is 17.8 Å². The molecule has 2 heterocycles. The highest BCUT2D eigenvalue weighted by molar-refractivity contribution is 5.58. The largest absolute Gasteiger partial charge is 0.497 e. The standard InChI is InChI=1S/C21H21N7O/c1-14-13-15(2)28(27-14)21-25-19(22-16-7-5-4-6-8-16)24-20(26-21)23-17-9-11-18(29-3)12-10-17/h4-13H,1-3H3,(H2,22,23,24,25,26). The van der Waals surface area contributed by atoms with Crippen LogP contribution in [0.1, 0.15) is 11.4 Å². The number of hydrogen-bond donors (Lipinski definition) is 2. The Bertz CT molecular complexity index is 1110. The van der Waals surface area contributed by atoms with E-state index in [-0.39, 0.29) is 0 Å². The van der Waals surface area contributed by atoms with Crippen LogP contribution < -0.4 is 15.4 Å². The summed E-state index contributed by atoms with van der Waals surface area (Å²) in [5.74, 6) is 2.04. The maximum atomic E-state index is 5.21. The number of nitrogens with zero attached hydrogens (tertiary/aromatic N) is 5. The van der Waals surface area contributed by atoms with Crippen LogP contribution in [0.15, 0.2) is 60.7 Å². The van der Waals surface area contributed by atoms with Gasteiger partial charge in [0.15, 0.2) is 0 Å². The first kappa shape index (κ1) is 18.4. The third kappa shape index (κ3) is 4.32. The molecule has 2 N–H and O–H groups in total. The topological polar surface area (TPSA) is 89.8 Å². The molecule has 0 saturated heterocycles. The minimum Gasteiger partial charge on any atom is -0.497 e. The smallest absolute Gasteiger partial charge is 0.257 e. The predicted molar refractivity (Wildman–Crippen MR) is 112 cm³/mol. The van der Waals surface area contributed by atoms with Crippen molar-refractivity contribution in [3.63, 3.8) is 0 Å². The first-order valence-electron chi connectivity index (χ1n) is 9.13. The molecule has 8 nitrogen and oxygen atoms in total. The number of ether oxygens (including phenoxy) is 1. The van der Waals surface area contributed by atoms with E-state index in [1.807, 2.05) is 74.5 Å². The summed E-state index contributed by atoms with van der Waals surface area (Å²) in [5, 5.41) is 10.9. The molecule has 0 bridgehead atoms. The third-order valence-electron chi connectivity index (χ3n) is 4.20. The Morgan fingerprint density at radius 1 is 0.793 bits per heavy atom. The van der Waals surface area contributed by atoms with Crippen molar-refractivity contribution in [2.45, 2.75) is 13.8 Å². The summed E-state index contributed by atoms with van der Waals surface area (Å²) in [7, 11) is 1.64. The zero-order chi connectivity index (χ0) is 20.2. The van der Waals surface area contributed by atoms with Crippen LogP contribution in [0, 0.1) is 13.8 Å². The van der Waals surface area contributed by atoms with E-state index in [4.69, 9.17) is 4.74 Å². The van der Waals surface area contributed by atoms with Crippen LogP contribution in [0.5, 0.6) is 5.75 Å². The van der Waals surface area contributed by atoms with Gasteiger partial charge in [0.25, 0.3) is 5.95 Å². The Labute approximate surface area is 168 Å². The Morgan fingerprint density at radius 3 is 1.97 bits per heavy atom. The number of aryl methyl sites for hydroxylation is 2. The molecule has 2 aromatic heterocycles. The second-order valence-corrected chi connectivity index (χ2v) is 6.47. The van der Waals surface area contributed by atoms with Crippen LogP contribution in [-0.2, 0) is 0 Å². The van der Waals surface area contributed by atoms with Crippen LogP contribution in [0.3, 0.4) is 0 Å². The zero-order valence-electron chi connectivity index (χ0n) is 16.4. The van der Waals surface area contributed by atoms with Gasteiger partial charge in [0, 0.05) is 17.1 Å². The summed E-state index contributed by atoms with van der Waals surface area (Å²) >= 11 is 0. The van der Waals surface area contributed by atoms with Gasteiger partial charge in [0.2, 0.25) is 11.9 Å². The van der Waals surface area contributed by atoms with Crippen LogP contribution in [0.4, 0.5) is 23.3 Å². The Kier molecular flexibility index (Phi) is 5.07. The molecule has 0 spiro atoms. The van der Waals surface area contributed by atoms with Gasteiger partial charge in [-0.1, -0.05) is 18.2 Å². The number of nitrogens with one attached hydrogen (secondary N) is 2. The molecule has 4 aromatic rings. The van der Waals surface area contributed by atoms with Gasteiger partial charge in [-0.05, 0) is 56.3 Å². The molecule has 0 radical (unpaired) electrons. The van der Waals surface area contributed by atoms with Gasteiger partial charge in [-0.15, -0.1) is 0 Å². The fourth-order valence-electron chi connectivity index (χ4n) is 2.86. The average molecular weight is 387 g/mol. The molecule has 0 amide bonds. The molecule has 0 saturated carbocycles. The average Bonchev–Trinajstić information content (AvgIpc) is 3.07. The molecule has 146 valence electrons. The summed E-state index contributed by atoms with van der Waals surface area (Å²) in [6.45, 7) is 3.90. The molecule has 29 heavy (non-hydrogen) atoms. The molecule has 0 aliphatic carbocycles. The van der Waals surface area contributed by atoms with E-state index in [1.165, 1.54) is 0 Å². The number of para-hydroxylation sites is 1. The fraction of sp³-hybridized carbons (Fsp3) is 0.143. The monoisotopic (exact) mass is 387 g/mol. The van der Waals surface area contributed by atoms with E-state index in [0.717, 1.165) is 28.5 Å². The quantitative estimate of drug-likeness (QED) is 0.513. The molecule has 0 atom stereocenters. The minimum absolute atomic E-state index is 0.408. The SMILES string of the molecule is COc1ccc(Nc2nc(Nc3ccccc3)nc(-n3nc(C)cc3C)n2)cc1. The van der Waals surface area contributed by atoms with Gasteiger partial charge in [0.05, 0.1) is 12.8 Å². The number of rotatable bonds is 6. The van der Waals surface area contributed by atoms with Crippen LogP contribution in [-0.4, -0.2) is 31.8 Å². The normalized spacial score (nSPS) is 10.6. The number of aromatic nitrogens is 5. The van der Waals surface area contributed by atoms with Gasteiger partial charge in [-0.3, -0.25) is 0 Å². The van der Waals surface area contributed by atoms with Crippen molar-refractivity contribution in [1.82, 2.24) is 24.7 Å². The lowest BCUT2D eigenvalue weighted by molar-refractivity contribution is 0.415. The van der Waals surface area contributed by atoms with Crippen molar-refractivity contribution < 1.29 is 4.74 Å². The maximum absolute atomic E-state index is 5.21. The van der Waals surface area contributed by atoms with Crippen molar-refractivity contribution >= 4 is 23.3 Å². The highest BCUT2D eigenvalue weighted by Crippen LogP contribution is 2.21. The Morgan fingerprint density at radius 2 is 1.41 bits per heavy atom. The van der Waals surface area contributed by atoms with E-state index in [1.54, 1.807) is 11.8 Å². The summed E-state index contributed by atoms with van der Waals surface area (Å²) < 4.78 is 6.91. The van der Waals surface area contributed by atoms with Gasteiger partial charge in [-0.25, -0.2) is 4.68 Å². The van der Waals surface area contributed by atoms with Gasteiger partial charge in [-0.2, -0.15) is 20.1 Å². The van der Waals surface area contributed by atoms with E-state index in [2.05, 4.69) is 30.7 Å². The van der Waals surface area contributed by atoms with Crippen molar-refractivity contribution in [2.75, 3.05) is 17.7 Å². The lowest BCUT2D eigenvalue weighted by atomic mass is 10.3. The van der Waals surface area contributed by atoms with Crippen molar-refractivity contribution in [3.8, 4) is 11.7 Å². The Hall–Kier alpha value is -3.94. The predicted octanol–water partition coefficient (Wildman–Crippen LogP) is 4.17. The maximum Gasteiger partial charge on any atom is 0.257 e. The van der Waals surface area contributed by atoms with Gasteiger partial charge >= 0.3 is 0 Å². The van der Waals surface area contributed by atoms with Crippen molar-refractivity contribution in [2.24, 2.45) is 0 Å². The third-order valence-corrected chi connectivity index (χ3v) is 4.20. The molecule has 0 unspecified atom stereocenters. The number of benzene rings is 2. The summed E-state index contributed by atoms with van der Waals surface area (Å²) in [4.78, 5) is 13.6. The second kappa shape index (κ2) is 7.97. The molecule has 0 fully saturated rings. The Balaban J connectivity index is 1.71. The molecule has 8 heteroatoms. The van der Waals surface area contributed by atoms with E-state index in [9.17, 15) is 0 Å². The van der Waals surface area contributed by atoms with Crippen molar-refractivity contribution in [3.05, 3.63) is 72.1 Å². The summed E-state index contributed by atoms with van der Waals surface area (Å²) in [6.07, 6.45) is 0. The van der Waals surface area contributed by atoms with Crippen LogP contribution in [0.2, 0.25) is 0 Å². The summed E-state index contributed by atoms with van der Waals surface area (Å²) in [6, 6.07) is 19.3. The molecule has 4 rings (SSSR count). The minimum atomic E-state index is 0.408. The number of hydrogen-bond acceptors (Lipinski definition) is 7. The second-order valence-electron chi connectivity index (χ2n) is 6.47. The van der Waals surface area contributed by atoms with Gasteiger partial charge in [0.1, 0.15) is 5.75 Å². The first-order valence-corrected chi connectivity index (χ1v) is 9.13. The molecule has 2 aromatic carbocycles. The molecular formula is C21H21N7O. The summed E-state index contributed by atoms with van der Waals surface area (Å²) in [5.41, 5.74) is 3.55. The van der Waals surface area contributed by atoms with Gasteiger partial charge < -0.3 is 15.4 Å². The number of methoxy groups -OCH3 is 1. The number of anilines is 4. The lowest BCUT2D eigenvalue weighted by Gasteiger charge is -2.11. The van der Waals surface area contributed by atoms with Crippen LogP contribution in [0.25, 0.3) is 5.95 Å².